The van der Waals surface area contributed by atoms with Crippen LogP contribution in [0.25, 0.3) is 0 Å². The van der Waals surface area contributed by atoms with Gasteiger partial charge in [0.15, 0.2) is 5.79 Å². The quantitative estimate of drug-likeness (QED) is 0.523. The smallest absolute Gasteiger partial charge is 0.197 e. The van der Waals surface area contributed by atoms with E-state index < -0.39 is 18.0 Å². The van der Waals surface area contributed by atoms with E-state index in [4.69, 9.17) is 30.5 Å². The molecular weight excluding hydrogens is 432 g/mol. The number of benzene rings is 2. The van der Waals surface area contributed by atoms with Crippen LogP contribution in [0.2, 0.25) is 5.02 Å². The van der Waals surface area contributed by atoms with Crippen LogP contribution >= 0.6 is 11.6 Å². The molecule has 3 atom stereocenters. The second-order valence-corrected chi connectivity index (χ2v) is 8.93. The van der Waals surface area contributed by atoms with E-state index in [1.54, 1.807) is 7.11 Å². The van der Waals surface area contributed by atoms with Gasteiger partial charge >= 0.3 is 0 Å². The highest BCUT2D eigenvalue weighted by Crippen LogP contribution is 2.40. The molecule has 2 N–H and O–H groups in total. The van der Waals surface area contributed by atoms with Crippen LogP contribution in [-0.4, -0.2) is 55.5 Å². The van der Waals surface area contributed by atoms with E-state index in [0.29, 0.717) is 37.2 Å². The van der Waals surface area contributed by atoms with Crippen LogP contribution in [0.1, 0.15) is 42.4 Å². The third-order valence-corrected chi connectivity index (χ3v) is 6.33. The number of hydrogen-bond donors (Lipinski definition) is 2. The van der Waals surface area contributed by atoms with Crippen LogP contribution in [0.4, 0.5) is 0 Å². The molecule has 6 nitrogen and oxygen atoms in total. The monoisotopic (exact) mass is 462 g/mol. The summed E-state index contributed by atoms with van der Waals surface area (Å²) in [5, 5.41) is 20.5. The molecule has 32 heavy (non-hydrogen) atoms. The van der Waals surface area contributed by atoms with Gasteiger partial charge in [-0.25, -0.2) is 0 Å². The fourth-order valence-corrected chi connectivity index (χ4v) is 4.27. The van der Waals surface area contributed by atoms with Gasteiger partial charge in [0.25, 0.3) is 0 Å². The Bertz CT molecular complexity index is 885. The van der Waals surface area contributed by atoms with E-state index in [-0.39, 0.29) is 13.0 Å². The van der Waals surface area contributed by atoms with Crippen LogP contribution in [0, 0.1) is 0 Å². The molecule has 1 saturated carbocycles. The number of aliphatic hydroxyl groups excluding tert-OH is 2. The van der Waals surface area contributed by atoms with Crippen molar-refractivity contribution >= 4 is 11.6 Å². The molecule has 0 bridgehead atoms. The first-order valence-corrected chi connectivity index (χ1v) is 11.5. The lowest BCUT2D eigenvalue weighted by Crippen LogP contribution is -2.46. The van der Waals surface area contributed by atoms with Gasteiger partial charge in [0.05, 0.1) is 31.5 Å². The Morgan fingerprint density at radius 3 is 2.59 bits per heavy atom. The molecule has 174 valence electrons. The summed E-state index contributed by atoms with van der Waals surface area (Å²) in [7, 11) is 1.55. The third kappa shape index (κ3) is 5.81. The summed E-state index contributed by atoms with van der Waals surface area (Å²) in [4.78, 5) is 0. The van der Waals surface area contributed by atoms with Gasteiger partial charge in [-0.15, -0.1) is 0 Å². The Hall–Kier alpha value is -1.67. The van der Waals surface area contributed by atoms with Crippen LogP contribution in [0.5, 0.6) is 5.75 Å². The van der Waals surface area contributed by atoms with Crippen molar-refractivity contribution in [2.24, 2.45) is 0 Å². The minimum atomic E-state index is -1.12. The number of ether oxygens (including phenoxy) is 4. The molecule has 2 aromatic rings. The Morgan fingerprint density at radius 1 is 1.12 bits per heavy atom. The Kier molecular flexibility index (Phi) is 7.71. The first-order valence-electron chi connectivity index (χ1n) is 11.2. The number of methoxy groups -OCH3 is 1. The van der Waals surface area contributed by atoms with Gasteiger partial charge in [0.1, 0.15) is 12.4 Å². The van der Waals surface area contributed by atoms with Crippen LogP contribution < -0.4 is 4.74 Å². The molecule has 0 radical (unpaired) electrons. The highest BCUT2D eigenvalue weighted by Gasteiger charge is 2.43. The van der Waals surface area contributed by atoms with Crippen LogP contribution in [-0.2, 0) is 26.4 Å². The van der Waals surface area contributed by atoms with Gasteiger partial charge in [-0.05, 0) is 54.7 Å². The molecular formula is C25H31ClO6. The second kappa shape index (κ2) is 10.5. The zero-order valence-corrected chi connectivity index (χ0v) is 19.1. The Labute approximate surface area is 194 Å². The zero-order valence-electron chi connectivity index (χ0n) is 18.3. The summed E-state index contributed by atoms with van der Waals surface area (Å²) in [5.41, 5.74) is 2.79. The molecule has 2 fully saturated rings. The van der Waals surface area contributed by atoms with E-state index in [1.807, 2.05) is 42.5 Å². The van der Waals surface area contributed by atoms with Crippen molar-refractivity contribution in [2.75, 3.05) is 26.9 Å². The summed E-state index contributed by atoms with van der Waals surface area (Å²) in [6, 6.07) is 13.6. The fraction of sp³-hybridized carbons (Fsp3) is 0.520. The highest BCUT2D eigenvalue weighted by atomic mass is 35.5. The number of hydrogen-bond acceptors (Lipinski definition) is 6. The molecule has 1 aliphatic heterocycles. The van der Waals surface area contributed by atoms with Crippen molar-refractivity contribution in [3.63, 3.8) is 0 Å². The Morgan fingerprint density at radius 2 is 1.91 bits per heavy atom. The number of aliphatic hydroxyl groups is 2. The first kappa shape index (κ1) is 23.5. The van der Waals surface area contributed by atoms with E-state index in [1.165, 1.54) is 12.8 Å². The van der Waals surface area contributed by atoms with Gasteiger partial charge in [0.2, 0.25) is 0 Å². The van der Waals surface area contributed by atoms with Crippen molar-refractivity contribution in [3.8, 4) is 5.75 Å². The lowest BCUT2D eigenvalue weighted by Gasteiger charge is -2.42. The summed E-state index contributed by atoms with van der Waals surface area (Å²) in [6.07, 6.45) is 2.96. The summed E-state index contributed by atoms with van der Waals surface area (Å²) in [6.45, 7) is 0.983. The molecule has 1 saturated heterocycles. The topological polar surface area (TPSA) is 77.4 Å². The lowest BCUT2D eigenvalue weighted by atomic mass is 9.91. The Balaban J connectivity index is 1.44. The van der Waals surface area contributed by atoms with Gasteiger partial charge in [-0.1, -0.05) is 29.8 Å². The molecule has 1 aliphatic carbocycles. The van der Waals surface area contributed by atoms with Crippen molar-refractivity contribution in [2.45, 2.75) is 56.2 Å². The third-order valence-electron chi connectivity index (χ3n) is 5.96. The minimum absolute atomic E-state index is 0.177. The average molecular weight is 463 g/mol. The molecule has 1 heterocycles. The average Bonchev–Trinajstić information content (AvgIpc) is 3.63. The first-order chi connectivity index (χ1) is 15.5. The van der Waals surface area contributed by atoms with E-state index >= 15 is 0 Å². The van der Waals surface area contributed by atoms with Gasteiger partial charge in [0, 0.05) is 30.5 Å². The lowest BCUT2D eigenvalue weighted by molar-refractivity contribution is -0.298. The van der Waals surface area contributed by atoms with Gasteiger partial charge in [-0.3, -0.25) is 0 Å². The fourth-order valence-electron chi connectivity index (χ4n) is 4.09. The second-order valence-electron chi connectivity index (χ2n) is 8.52. The maximum absolute atomic E-state index is 10.3. The van der Waals surface area contributed by atoms with E-state index in [9.17, 15) is 10.2 Å². The van der Waals surface area contributed by atoms with Gasteiger partial charge in [-0.2, -0.15) is 0 Å². The predicted octanol–water partition coefficient (Wildman–Crippen LogP) is 3.82. The molecule has 7 heteroatoms. The normalized spacial score (nSPS) is 25.6. The standard InChI is InChI=1S/C25H31ClO6/c1-29-25(15-20(28)14-23(16-27)32-25)19-4-9-24(26)18(13-19)12-17-2-5-21(6-3-17)30-10-11-31-22-7-8-22/h2-6,9,13,20,22-23,27-28H,7-8,10-12,14-16H2,1H3. The predicted molar refractivity (Wildman–Crippen MR) is 121 cm³/mol. The summed E-state index contributed by atoms with van der Waals surface area (Å²) in [5.74, 6) is -0.309. The summed E-state index contributed by atoms with van der Waals surface area (Å²) < 4.78 is 23.1. The van der Waals surface area contributed by atoms with E-state index in [2.05, 4.69) is 0 Å². The number of halogens is 1. The van der Waals surface area contributed by atoms with Gasteiger partial charge < -0.3 is 29.2 Å². The molecule has 0 aromatic heterocycles. The van der Waals surface area contributed by atoms with Crippen LogP contribution in [0.3, 0.4) is 0 Å². The van der Waals surface area contributed by atoms with Crippen LogP contribution in [0.15, 0.2) is 42.5 Å². The molecule has 0 amide bonds. The molecule has 2 aliphatic rings. The zero-order chi connectivity index (χ0) is 22.6. The van der Waals surface area contributed by atoms with Crippen molar-refractivity contribution in [3.05, 3.63) is 64.2 Å². The van der Waals surface area contributed by atoms with Crippen molar-refractivity contribution in [1.82, 2.24) is 0 Å². The van der Waals surface area contributed by atoms with E-state index in [0.717, 1.165) is 22.4 Å². The largest absolute Gasteiger partial charge is 0.491 e. The van der Waals surface area contributed by atoms with Crippen molar-refractivity contribution < 1.29 is 29.2 Å². The molecule has 3 unspecified atom stereocenters. The maximum Gasteiger partial charge on any atom is 0.197 e. The molecule has 2 aromatic carbocycles. The highest BCUT2D eigenvalue weighted by molar-refractivity contribution is 6.31. The molecule has 4 rings (SSSR count). The molecule has 0 spiro atoms. The minimum Gasteiger partial charge on any atom is -0.491 e. The van der Waals surface area contributed by atoms with Crippen molar-refractivity contribution in [1.29, 1.82) is 0 Å². The number of rotatable bonds is 10. The SMILES string of the molecule is COC1(c2ccc(Cl)c(Cc3ccc(OCCOC4CC4)cc3)c2)CC(O)CC(CO)O1. The summed E-state index contributed by atoms with van der Waals surface area (Å²) >= 11 is 6.50. The maximum atomic E-state index is 10.3.